The first-order valence-electron chi connectivity index (χ1n) is 11.1. The maximum absolute atomic E-state index is 16.1. The number of nitrogens with one attached hydrogen (secondary N) is 1. The molecule has 0 saturated carbocycles. The summed E-state index contributed by atoms with van der Waals surface area (Å²) in [5.74, 6) is 3.40. The molecular weight excluding hydrogens is 417 g/mol. The van der Waals surface area contributed by atoms with Crippen molar-refractivity contribution in [1.29, 1.82) is 0 Å². The molecule has 0 spiro atoms. The van der Waals surface area contributed by atoms with Crippen LogP contribution in [0.3, 0.4) is 0 Å². The highest BCUT2D eigenvalue weighted by Crippen LogP contribution is 2.39. The molecule has 2 bridgehead atoms. The minimum absolute atomic E-state index is 0.0184. The number of hydrogen-bond acceptors (Lipinski definition) is 6. The average molecular weight is 439 g/mol. The summed E-state index contributed by atoms with van der Waals surface area (Å²) in [6, 6.07) is 9.23. The van der Waals surface area contributed by atoms with E-state index in [0.29, 0.717) is 39.8 Å². The number of aromatic hydroxyl groups is 1. The van der Waals surface area contributed by atoms with Gasteiger partial charge in [0.2, 0.25) is 0 Å². The fourth-order valence-corrected chi connectivity index (χ4v) is 5.38. The normalized spacial score (nSPS) is 19.8. The van der Waals surface area contributed by atoms with Crippen molar-refractivity contribution in [3.05, 3.63) is 53.7 Å². The van der Waals surface area contributed by atoms with Crippen LogP contribution in [0.2, 0.25) is 0 Å². The Morgan fingerprint density at radius 1 is 1.18 bits per heavy atom. The largest absolute Gasteiger partial charge is 0.508 e. The number of phenols is 1. The number of fused-ring (bicyclic) bond motifs is 4. The van der Waals surface area contributed by atoms with E-state index in [-0.39, 0.29) is 17.0 Å². The smallest absolute Gasteiger partial charge is 0.175 e. The molecular formula is C26H22FN5O. The van der Waals surface area contributed by atoms with Crippen molar-refractivity contribution < 1.29 is 9.50 Å². The molecule has 4 heterocycles. The van der Waals surface area contributed by atoms with Gasteiger partial charge >= 0.3 is 0 Å². The van der Waals surface area contributed by atoms with Crippen molar-refractivity contribution in [3.63, 3.8) is 0 Å². The van der Waals surface area contributed by atoms with Gasteiger partial charge in [-0.1, -0.05) is 18.1 Å². The van der Waals surface area contributed by atoms with Gasteiger partial charge in [0, 0.05) is 47.9 Å². The summed E-state index contributed by atoms with van der Waals surface area (Å²) >= 11 is 0. The molecule has 2 aliphatic heterocycles. The predicted octanol–water partition coefficient (Wildman–Crippen LogP) is 3.92. The maximum atomic E-state index is 16.1. The topological polar surface area (TPSA) is 74.2 Å². The van der Waals surface area contributed by atoms with Gasteiger partial charge in [-0.05, 0) is 43.4 Å². The highest BCUT2D eigenvalue weighted by atomic mass is 19.1. The molecule has 2 aliphatic rings. The minimum atomic E-state index is -0.541. The summed E-state index contributed by atoms with van der Waals surface area (Å²) in [5, 5.41) is 15.8. The van der Waals surface area contributed by atoms with Crippen LogP contribution >= 0.6 is 0 Å². The number of nitrogens with zero attached hydrogens (tertiary/aromatic N) is 4. The number of aryl methyl sites for hydroxylation is 1. The third-order valence-electron chi connectivity index (χ3n) is 6.77. The summed E-state index contributed by atoms with van der Waals surface area (Å²) < 4.78 is 16.1. The van der Waals surface area contributed by atoms with Crippen molar-refractivity contribution >= 4 is 27.5 Å². The van der Waals surface area contributed by atoms with E-state index in [1.165, 1.54) is 6.07 Å². The lowest BCUT2D eigenvalue weighted by molar-refractivity contribution is 0.476. The molecule has 2 aromatic carbocycles. The Balaban J connectivity index is 1.61. The van der Waals surface area contributed by atoms with Crippen LogP contribution in [0.25, 0.3) is 32.9 Å². The molecule has 6 nitrogen and oxygen atoms in total. The number of benzene rings is 2. The Hall–Kier alpha value is -3.76. The van der Waals surface area contributed by atoms with E-state index in [9.17, 15) is 5.11 Å². The Labute approximate surface area is 190 Å². The Kier molecular flexibility index (Phi) is 4.46. The number of halogens is 1. The zero-order chi connectivity index (χ0) is 22.7. The van der Waals surface area contributed by atoms with E-state index in [0.717, 1.165) is 37.1 Å². The molecule has 2 saturated heterocycles. The van der Waals surface area contributed by atoms with Crippen molar-refractivity contribution in [1.82, 2.24) is 20.3 Å². The van der Waals surface area contributed by atoms with Gasteiger partial charge in [-0.2, -0.15) is 0 Å². The first-order chi connectivity index (χ1) is 16.0. The minimum Gasteiger partial charge on any atom is -0.508 e. The second-order valence-electron chi connectivity index (χ2n) is 8.77. The third kappa shape index (κ3) is 3.02. The summed E-state index contributed by atoms with van der Waals surface area (Å²) in [6.45, 7) is 3.56. The number of pyridine rings is 1. The van der Waals surface area contributed by atoms with Crippen molar-refractivity contribution in [3.8, 4) is 29.4 Å². The number of terminal acetylenes is 1. The van der Waals surface area contributed by atoms with E-state index in [2.05, 4.69) is 26.1 Å². The number of phenolic OH excluding ortho intramolecular Hbond substituents is 1. The Morgan fingerprint density at radius 2 is 1.97 bits per heavy atom. The lowest BCUT2D eigenvalue weighted by Crippen LogP contribution is -2.52. The third-order valence-corrected chi connectivity index (χ3v) is 6.77. The molecule has 164 valence electrons. The summed E-state index contributed by atoms with van der Waals surface area (Å²) in [5.41, 5.74) is 1.40. The molecule has 2 N–H and O–H groups in total. The fraction of sp³-hybridized carbons (Fsp3) is 0.269. The molecule has 0 radical (unpaired) electrons. The van der Waals surface area contributed by atoms with E-state index in [1.807, 2.05) is 12.1 Å². The van der Waals surface area contributed by atoms with Crippen LogP contribution in [-0.4, -0.2) is 45.2 Å². The lowest BCUT2D eigenvalue weighted by atomic mass is 9.96. The SMILES string of the molecule is C#Cc1cccc2cc(O)cc(-c3ncc4c(N5C6CCC5CNC6)nc(C)nc4c3F)c12. The van der Waals surface area contributed by atoms with E-state index in [4.69, 9.17) is 11.4 Å². The van der Waals surface area contributed by atoms with Gasteiger partial charge in [0.1, 0.15) is 28.6 Å². The quantitative estimate of drug-likeness (QED) is 0.461. The van der Waals surface area contributed by atoms with Crippen molar-refractivity contribution in [2.24, 2.45) is 0 Å². The van der Waals surface area contributed by atoms with Crippen LogP contribution in [0.5, 0.6) is 5.75 Å². The highest BCUT2D eigenvalue weighted by Gasteiger charge is 2.38. The molecule has 2 fully saturated rings. The Bertz CT molecular complexity index is 1460. The maximum Gasteiger partial charge on any atom is 0.175 e. The van der Waals surface area contributed by atoms with Crippen molar-refractivity contribution in [2.75, 3.05) is 18.0 Å². The zero-order valence-electron chi connectivity index (χ0n) is 18.1. The van der Waals surface area contributed by atoms with Crippen LogP contribution in [0.1, 0.15) is 24.2 Å². The zero-order valence-corrected chi connectivity index (χ0v) is 18.1. The molecule has 2 unspecified atom stereocenters. The number of rotatable bonds is 2. The second kappa shape index (κ2) is 7.39. The molecule has 6 rings (SSSR count). The van der Waals surface area contributed by atoms with Crippen LogP contribution in [0.15, 0.2) is 36.5 Å². The lowest BCUT2D eigenvalue weighted by Gasteiger charge is -2.36. The average Bonchev–Trinajstić information content (AvgIpc) is 3.05. The highest BCUT2D eigenvalue weighted by molar-refractivity contribution is 6.02. The predicted molar refractivity (Wildman–Crippen MR) is 127 cm³/mol. The van der Waals surface area contributed by atoms with Gasteiger partial charge in [0.25, 0.3) is 0 Å². The van der Waals surface area contributed by atoms with Crippen molar-refractivity contribution in [2.45, 2.75) is 31.8 Å². The second-order valence-corrected chi connectivity index (χ2v) is 8.77. The van der Waals surface area contributed by atoms with Crippen LogP contribution in [0.4, 0.5) is 10.2 Å². The number of hydrogen-bond donors (Lipinski definition) is 2. The van der Waals surface area contributed by atoms with Gasteiger partial charge in [0.05, 0.1) is 5.39 Å². The molecule has 0 amide bonds. The first-order valence-corrected chi connectivity index (χ1v) is 11.1. The van der Waals surface area contributed by atoms with Gasteiger partial charge in [0.15, 0.2) is 5.82 Å². The molecule has 0 aliphatic carbocycles. The Morgan fingerprint density at radius 3 is 2.73 bits per heavy atom. The van der Waals surface area contributed by atoms with E-state index in [1.54, 1.807) is 25.3 Å². The number of anilines is 1. The van der Waals surface area contributed by atoms with Gasteiger partial charge in [-0.25, -0.2) is 14.4 Å². The van der Waals surface area contributed by atoms with Crippen LogP contribution in [-0.2, 0) is 0 Å². The number of aromatic nitrogens is 3. The summed E-state index contributed by atoms with van der Waals surface area (Å²) in [6.07, 6.45) is 9.54. The van der Waals surface area contributed by atoms with Gasteiger partial charge < -0.3 is 15.3 Å². The first kappa shape index (κ1) is 19.9. The molecule has 4 aromatic rings. The summed E-state index contributed by atoms with van der Waals surface area (Å²) in [4.78, 5) is 16.0. The fourth-order valence-electron chi connectivity index (χ4n) is 5.38. The monoisotopic (exact) mass is 439 g/mol. The summed E-state index contributed by atoms with van der Waals surface area (Å²) in [7, 11) is 0. The molecule has 2 aromatic heterocycles. The van der Waals surface area contributed by atoms with Gasteiger partial charge in [-0.3, -0.25) is 4.98 Å². The van der Waals surface area contributed by atoms with E-state index >= 15 is 4.39 Å². The molecule has 7 heteroatoms. The number of piperazine rings is 1. The van der Waals surface area contributed by atoms with Crippen LogP contribution in [0, 0.1) is 25.1 Å². The molecule has 33 heavy (non-hydrogen) atoms. The standard InChI is InChI=1S/C26H22FN5O/c1-3-15-5-4-6-16-9-19(33)10-20(22(15)16)24-23(27)25-21(13-29-24)26(31-14(2)30-25)32-17-7-8-18(32)12-28-11-17/h1,4-6,9-10,13,17-18,28,33H,7-8,11-12H2,2H3. The van der Waals surface area contributed by atoms with Crippen LogP contribution < -0.4 is 10.2 Å². The van der Waals surface area contributed by atoms with E-state index < -0.39 is 5.82 Å². The molecule has 2 atom stereocenters. The van der Waals surface area contributed by atoms with Gasteiger partial charge in [-0.15, -0.1) is 6.42 Å².